The van der Waals surface area contributed by atoms with Gasteiger partial charge in [-0.1, -0.05) is 0 Å². The van der Waals surface area contributed by atoms with Crippen LogP contribution < -0.4 is 0 Å². The Morgan fingerprint density at radius 1 is 0.377 bits per heavy atom. The minimum atomic E-state index is -1.15. The fraction of sp³-hybridized carbons (Fsp3) is 1.00. The maximum Gasteiger partial charge on any atom is 0.118 e. The monoisotopic (exact) mass is 803 g/mol. The molecule has 0 amide bonds. The molecule has 0 fully saturated rings. The Kier molecular flexibility index (Phi) is 34.4. The van der Waals surface area contributed by atoms with E-state index in [9.17, 15) is 51.1 Å². The lowest BCUT2D eigenvalue weighted by Crippen LogP contribution is -2.48. The number of hydrogen-bond acceptors (Lipinski definition) is 22. The molecule has 0 aromatic heterocycles. The molecule has 320 valence electrons. The topological polar surface area (TPSA) is 309 Å². The average molecular weight is 804 g/mol. The minimum Gasteiger partial charge on any atom is -0.394 e. The number of ether oxygens (including phenoxy) is 8. The van der Waals surface area contributed by atoms with Gasteiger partial charge in [-0.05, 0) is 12.9 Å². The summed E-state index contributed by atoms with van der Waals surface area (Å²) in [4.78, 5) is 1.67. The molecule has 0 radical (unpaired) electrons. The van der Waals surface area contributed by atoms with E-state index >= 15 is 0 Å². The number of methoxy groups -OCH3 is 1. The molecular weight excluding hydrogens is 738 g/mol. The average Bonchev–Trinajstić information content (AvgIpc) is 3.19. The lowest BCUT2D eigenvalue weighted by molar-refractivity contribution is -0.126. The van der Waals surface area contributed by atoms with Crippen LogP contribution in [-0.4, -0.2) is 261 Å². The standard InChI is InChI=1S/C31H65NO20S/c1-44-26(9-37)16-49-28(11-39)17-46-23(6-34)2-32(4-25(8-36)48-19-30(13-41)51-21-31(14-42)52-53)3-24(7-35)47-18-29(12-40)50-20-27(10-38)45-15-22(43)5-33/h22-31,33-43,53H,2-21H2,1H3. The van der Waals surface area contributed by atoms with Crippen LogP contribution in [0.15, 0.2) is 0 Å². The van der Waals surface area contributed by atoms with E-state index in [0.717, 1.165) is 0 Å². The molecule has 10 atom stereocenters. The summed E-state index contributed by atoms with van der Waals surface area (Å²) in [5.41, 5.74) is 0. The Morgan fingerprint density at radius 3 is 0.906 bits per heavy atom. The van der Waals surface area contributed by atoms with Gasteiger partial charge in [-0.15, -0.1) is 0 Å². The predicted octanol–water partition coefficient (Wildman–Crippen LogP) is -6.49. The summed E-state index contributed by atoms with van der Waals surface area (Å²) < 4.78 is 49.2. The summed E-state index contributed by atoms with van der Waals surface area (Å²) in [5, 5.41) is 106. The number of aliphatic hydroxyl groups excluding tert-OH is 11. The van der Waals surface area contributed by atoms with Crippen molar-refractivity contribution in [2.24, 2.45) is 0 Å². The fourth-order valence-corrected chi connectivity index (χ4v) is 4.39. The van der Waals surface area contributed by atoms with Crippen LogP contribution in [0.25, 0.3) is 0 Å². The Balaban J connectivity index is 5.66. The van der Waals surface area contributed by atoms with E-state index in [1.807, 2.05) is 0 Å². The summed E-state index contributed by atoms with van der Waals surface area (Å²) in [6, 6.07) is 0. The van der Waals surface area contributed by atoms with Gasteiger partial charge in [-0.25, -0.2) is 0 Å². The van der Waals surface area contributed by atoms with Gasteiger partial charge in [0.2, 0.25) is 0 Å². The van der Waals surface area contributed by atoms with Gasteiger partial charge in [-0.2, -0.15) is 0 Å². The van der Waals surface area contributed by atoms with Crippen LogP contribution in [0.1, 0.15) is 0 Å². The van der Waals surface area contributed by atoms with E-state index < -0.39 is 114 Å². The van der Waals surface area contributed by atoms with Crippen LogP contribution >= 0.6 is 12.9 Å². The normalized spacial score (nSPS) is 18.0. The Morgan fingerprint density at radius 2 is 0.642 bits per heavy atom. The quantitative estimate of drug-likeness (QED) is 0.0203. The maximum atomic E-state index is 10.2. The molecule has 0 spiro atoms. The molecule has 0 aromatic carbocycles. The summed E-state index contributed by atoms with van der Waals surface area (Å²) in [6.07, 6.45) is -8.61. The van der Waals surface area contributed by atoms with Gasteiger partial charge in [0, 0.05) is 26.7 Å². The van der Waals surface area contributed by atoms with Crippen LogP contribution in [0.3, 0.4) is 0 Å². The van der Waals surface area contributed by atoms with Gasteiger partial charge in [0.05, 0.1) is 131 Å². The summed E-state index contributed by atoms with van der Waals surface area (Å²) in [7, 11) is 1.40. The summed E-state index contributed by atoms with van der Waals surface area (Å²) in [6.45, 7) is -5.62. The van der Waals surface area contributed by atoms with E-state index in [2.05, 4.69) is 12.9 Å². The van der Waals surface area contributed by atoms with E-state index in [0.29, 0.717) is 0 Å². The first-order chi connectivity index (χ1) is 25.6. The zero-order chi connectivity index (χ0) is 39.9. The highest BCUT2D eigenvalue weighted by molar-refractivity contribution is 7.75. The van der Waals surface area contributed by atoms with Crippen molar-refractivity contribution in [2.75, 3.05) is 139 Å². The van der Waals surface area contributed by atoms with Crippen LogP contribution in [0.4, 0.5) is 0 Å². The molecular formula is C31H65NO20S. The highest BCUT2D eigenvalue weighted by Crippen LogP contribution is 2.10. The smallest absolute Gasteiger partial charge is 0.118 e. The highest BCUT2D eigenvalue weighted by atomic mass is 32.1. The maximum absolute atomic E-state index is 10.2. The second-order valence-corrected chi connectivity index (χ2v) is 12.2. The molecule has 11 N–H and O–H groups in total. The molecule has 0 aliphatic heterocycles. The third-order valence-corrected chi connectivity index (χ3v) is 7.84. The lowest BCUT2D eigenvalue weighted by atomic mass is 10.2. The van der Waals surface area contributed by atoms with Crippen LogP contribution in [0.5, 0.6) is 0 Å². The fourth-order valence-electron chi connectivity index (χ4n) is 4.26. The molecule has 0 aromatic rings. The molecule has 0 heterocycles. The largest absolute Gasteiger partial charge is 0.394 e. The van der Waals surface area contributed by atoms with Crippen molar-refractivity contribution in [2.45, 2.75) is 61.0 Å². The van der Waals surface area contributed by atoms with Gasteiger partial charge in [0.15, 0.2) is 0 Å². The highest BCUT2D eigenvalue weighted by Gasteiger charge is 2.26. The number of hydrogen-bond donors (Lipinski definition) is 12. The van der Waals surface area contributed by atoms with E-state index in [1.54, 1.807) is 4.90 Å². The van der Waals surface area contributed by atoms with Gasteiger partial charge < -0.3 is 98.2 Å². The van der Waals surface area contributed by atoms with Gasteiger partial charge in [0.1, 0.15) is 42.7 Å². The van der Waals surface area contributed by atoms with Crippen molar-refractivity contribution in [3.63, 3.8) is 0 Å². The number of nitrogens with zero attached hydrogens (tertiary/aromatic N) is 1. The van der Waals surface area contributed by atoms with Crippen LogP contribution in [0, 0.1) is 0 Å². The molecule has 0 aliphatic rings. The predicted molar refractivity (Wildman–Crippen MR) is 186 cm³/mol. The molecule has 0 saturated carbocycles. The van der Waals surface area contributed by atoms with Crippen molar-refractivity contribution in [3.05, 3.63) is 0 Å². The number of aliphatic hydroxyl groups is 11. The second kappa shape index (κ2) is 34.7. The molecule has 21 nitrogen and oxygen atoms in total. The third-order valence-electron chi connectivity index (χ3n) is 7.54. The molecule has 0 bridgehead atoms. The first-order valence-corrected chi connectivity index (χ1v) is 17.6. The van der Waals surface area contributed by atoms with Crippen LogP contribution in [0.2, 0.25) is 0 Å². The van der Waals surface area contributed by atoms with Crippen molar-refractivity contribution in [1.29, 1.82) is 0 Å². The molecule has 10 unspecified atom stereocenters. The van der Waals surface area contributed by atoms with Gasteiger partial charge >= 0.3 is 0 Å². The minimum absolute atomic E-state index is 0.00175. The first-order valence-electron chi connectivity index (χ1n) is 17.3. The van der Waals surface area contributed by atoms with Crippen LogP contribution in [-0.2, 0) is 42.1 Å². The number of rotatable bonds is 39. The van der Waals surface area contributed by atoms with Crippen molar-refractivity contribution < 1.29 is 98.2 Å². The first kappa shape index (κ1) is 52.5. The van der Waals surface area contributed by atoms with E-state index in [-0.39, 0.29) is 79.1 Å². The SMILES string of the molecule is COC(CO)COC(CO)COC(CO)CN(CC(CO)OCC(CO)OCC(CO)OS)CC(CO)OCC(CO)OCC(CO)OCC(O)CO. The van der Waals surface area contributed by atoms with E-state index in [4.69, 9.17) is 47.2 Å². The summed E-state index contributed by atoms with van der Waals surface area (Å²) in [5.74, 6) is 0. The van der Waals surface area contributed by atoms with Crippen molar-refractivity contribution in [1.82, 2.24) is 4.90 Å². The molecule has 22 heteroatoms. The number of thiol groups is 1. The Bertz CT molecular complexity index is 756. The summed E-state index contributed by atoms with van der Waals surface area (Å²) >= 11 is 3.65. The zero-order valence-corrected chi connectivity index (χ0v) is 31.3. The van der Waals surface area contributed by atoms with E-state index in [1.165, 1.54) is 7.11 Å². The zero-order valence-electron chi connectivity index (χ0n) is 30.4. The second-order valence-electron chi connectivity index (χ2n) is 12.0. The van der Waals surface area contributed by atoms with Crippen molar-refractivity contribution in [3.8, 4) is 0 Å². The molecule has 53 heavy (non-hydrogen) atoms. The molecule has 0 rings (SSSR count). The van der Waals surface area contributed by atoms with Crippen molar-refractivity contribution >= 4 is 12.9 Å². The van der Waals surface area contributed by atoms with Gasteiger partial charge in [-0.3, -0.25) is 4.90 Å². The third kappa shape index (κ3) is 25.4. The lowest BCUT2D eigenvalue weighted by Gasteiger charge is -2.33. The van der Waals surface area contributed by atoms with Gasteiger partial charge in [0.25, 0.3) is 0 Å². The Hall–Kier alpha value is -0.490. The molecule has 0 aliphatic carbocycles. The Labute approximate surface area is 316 Å². The molecule has 0 saturated heterocycles.